The highest BCUT2D eigenvalue weighted by molar-refractivity contribution is 7.89. The first kappa shape index (κ1) is 29.4. The molecule has 2 fully saturated rings. The molecular formula is C31H35FN6O3S. The second-order valence-electron chi connectivity index (χ2n) is 10.9. The monoisotopic (exact) mass is 590 g/mol. The van der Waals surface area contributed by atoms with Gasteiger partial charge in [0, 0.05) is 56.6 Å². The molecular weight excluding hydrogens is 555 g/mol. The van der Waals surface area contributed by atoms with Crippen LogP contribution in [0.5, 0.6) is 0 Å². The van der Waals surface area contributed by atoms with Crippen molar-refractivity contribution in [2.24, 2.45) is 5.14 Å². The smallest absolute Gasteiger partial charge is 0.254 e. The van der Waals surface area contributed by atoms with Crippen molar-refractivity contribution in [2.45, 2.75) is 37.6 Å². The van der Waals surface area contributed by atoms with Crippen LogP contribution in [0.2, 0.25) is 0 Å². The second-order valence-corrected chi connectivity index (χ2v) is 12.4. The van der Waals surface area contributed by atoms with E-state index in [0.29, 0.717) is 37.3 Å². The molecule has 0 aliphatic carbocycles. The molecule has 2 aliphatic heterocycles. The number of halogens is 1. The lowest BCUT2D eigenvalue weighted by molar-refractivity contribution is 0.0745. The van der Waals surface area contributed by atoms with Gasteiger partial charge in [0.2, 0.25) is 10.0 Å². The highest BCUT2D eigenvalue weighted by atomic mass is 32.2. The molecule has 0 unspecified atom stereocenters. The van der Waals surface area contributed by atoms with E-state index in [1.807, 2.05) is 50.2 Å². The lowest BCUT2D eigenvalue weighted by atomic mass is 9.97. The summed E-state index contributed by atoms with van der Waals surface area (Å²) >= 11 is 0. The molecule has 11 heteroatoms. The van der Waals surface area contributed by atoms with Crippen LogP contribution >= 0.6 is 0 Å². The number of hydrogen-bond acceptors (Lipinski definition) is 7. The number of nitrogens with one attached hydrogen (secondary N) is 1. The van der Waals surface area contributed by atoms with E-state index in [2.05, 4.69) is 16.3 Å². The molecule has 0 saturated carbocycles. The van der Waals surface area contributed by atoms with Crippen molar-refractivity contribution in [1.29, 1.82) is 5.26 Å². The summed E-state index contributed by atoms with van der Waals surface area (Å²) in [6.07, 6.45) is 1.80. The number of piperazine rings is 1. The van der Waals surface area contributed by atoms with E-state index in [1.54, 1.807) is 9.80 Å². The molecule has 2 aliphatic rings. The minimum Gasteiger partial charge on any atom is -0.382 e. The van der Waals surface area contributed by atoms with E-state index in [0.717, 1.165) is 54.5 Å². The first-order chi connectivity index (χ1) is 20.1. The minimum absolute atomic E-state index is 0.0814. The van der Waals surface area contributed by atoms with Crippen LogP contribution in [-0.4, -0.2) is 64.5 Å². The van der Waals surface area contributed by atoms with Crippen molar-refractivity contribution in [3.63, 3.8) is 0 Å². The average Bonchev–Trinajstić information content (AvgIpc) is 2.98. The van der Waals surface area contributed by atoms with Crippen LogP contribution in [0, 0.1) is 31.0 Å². The van der Waals surface area contributed by atoms with Gasteiger partial charge in [-0.3, -0.25) is 4.79 Å². The standard InChI is InChI=1S/C31H35FN6O3S/c1-21-10-11-26(35-24-12-14-36(15-13-24)27-8-4-3-6-23(27)20-33)22(2)29(21)31(39)38-18-16-37(17-19-38)28-9-5-7-25(32)30(28)42(34,40)41/h3-11,24,35H,12-19H2,1-2H3,(H2,34,40,41). The molecule has 0 atom stereocenters. The number of primary sulfonamides is 1. The number of amides is 1. The third-order valence-electron chi connectivity index (χ3n) is 8.25. The second kappa shape index (κ2) is 12.0. The third kappa shape index (κ3) is 5.91. The summed E-state index contributed by atoms with van der Waals surface area (Å²) in [4.78, 5) is 19.0. The van der Waals surface area contributed by atoms with Gasteiger partial charge in [0.05, 0.1) is 16.9 Å². The molecule has 0 bridgehead atoms. The fourth-order valence-corrected chi connectivity index (χ4v) is 6.83. The topological polar surface area (TPSA) is 123 Å². The zero-order valence-corrected chi connectivity index (χ0v) is 24.6. The highest BCUT2D eigenvalue weighted by Crippen LogP contribution is 2.31. The maximum Gasteiger partial charge on any atom is 0.254 e. The van der Waals surface area contributed by atoms with Crippen LogP contribution in [-0.2, 0) is 10.0 Å². The predicted octanol–water partition coefficient (Wildman–Crippen LogP) is 4.00. The summed E-state index contributed by atoms with van der Waals surface area (Å²) in [5.74, 6) is -0.969. The van der Waals surface area contributed by atoms with Crippen molar-refractivity contribution in [3.05, 3.63) is 82.7 Å². The Balaban J connectivity index is 1.25. The van der Waals surface area contributed by atoms with Crippen LogP contribution in [0.15, 0.2) is 59.5 Å². The number of piperidine rings is 1. The Hall–Kier alpha value is -4.14. The fourth-order valence-electron chi connectivity index (χ4n) is 6.00. The molecule has 1 amide bonds. The van der Waals surface area contributed by atoms with Crippen molar-refractivity contribution >= 4 is 33.0 Å². The molecule has 3 aromatic carbocycles. The predicted molar refractivity (Wildman–Crippen MR) is 162 cm³/mol. The summed E-state index contributed by atoms with van der Waals surface area (Å²) in [6.45, 7) is 6.96. The van der Waals surface area contributed by atoms with Crippen molar-refractivity contribution in [2.75, 3.05) is 54.4 Å². The van der Waals surface area contributed by atoms with E-state index in [1.165, 1.54) is 12.1 Å². The van der Waals surface area contributed by atoms with Gasteiger partial charge in [-0.25, -0.2) is 17.9 Å². The average molecular weight is 591 g/mol. The van der Waals surface area contributed by atoms with Gasteiger partial charge in [-0.05, 0) is 68.1 Å². The number of anilines is 3. The summed E-state index contributed by atoms with van der Waals surface area (Å²) in [7, 11) is -4.25. The van der Waals surface area contributed by atoms with Gasteiger partial charge in [-0.2, -0.15) is 5.26 Å². The quantitative estimate of drug-likeness (QED) is 0.445. The highest BCUT2D eigenvalue weighted by Gasteiger charge is 2.29. The van der Waals surface area contributed by atoms with E-state index in [9.17, 15) is 22.9 Å². The van der Waals surface area contributed by atoms with Crippen molar-refractivity contribution in [3.8, 4) is 6.07 Å². The summed E-state index contributed by atoms with van der Waals surface area (Å²) < 4.78 is 38.5. The zero-order chi connectivity index (χ0) is 30.0. The first-order valence-corrected chi connectivity index (χ1v) is 15.6. The number of carbonyl (C=O) groups excluding carboxylic acids is 1. The van der Waals surface area contributed by atoms with Crippen LogP contribution in [0.3, 0.4) is 0 Å². The molecule has 3 aromatic rings. The Bertz CT molecular complexity index is 1640. The summed E-state index contributed by atoms with van der Waals surface area (Å²) in [6, 6.07) is 18.2. The van der Waals surface area contributed by atoms with Gasteiger partial charge >= 0.3 is 0 Å². The SMILES string of the molecule is Cc1ccc(NC2CCN(c3ccccc3C#N)CC2)c(C)c1C(=O)N1CCN(c2cccc(F)c2S(N)(=O)=O)CC1. The number of hydrogen-bond donors (Lipinski definition) is 2. The van der Waals surface area contributed by atoms with Gasteiger partial charge in [-0.1, -0.05) is 24.3 Å². The molecule has 5 rings (SSSR count). The summed E-state index contributed by atoms with van der Waals surface area (Å²) in [5, 5.41) is 18.4. The van der Waals surface area contributed by atoms with Crippen LogP contribution < -0.4 is 20.3 Å². The number of nitriles is 1. The van der Waals surface area contributed by atoms with E-state index < -0.39 is 20.7 Å². The zero-order valence-electron chi connectivity index (χ0n) is 23.8. The lowest BCUT2D eigenvalue weighted by Gasteiger charge is -2.37. The molecule has 0 aromatic heterocycles. The number of nitrogens with two attached hydrogens (primary N) is 1. The van der Waals surface area contributed by atoms with Crippen molar-refractivity contribution < 1.29 is 17.6 Å². The van der Waals surface area contributed by atoms with E-state index >= 15 is 0 Å². The van der Waals surface area contributed by atoms with Gasteiger partial charge in [0.25, 0.3) is 5.91 Å². The molecule has 9 nitrogen and oxygen atoms in total. The van der Waals surface area contributed by atoms with Crippen LogP contribution in [0.4, 0.5) is 21.5 Å². The lowest BCUT2D eigenvalue weighted by Crippen LogP contribution is -2.49. The van der Waals surface area contributed by atoms with Gasteiger partial charge in [0.1, 0.15) is 16.8 Å². The number of carbonyl (C=O) groups is 1. The maximum absolute atomic E-state index is 14.4. The molecule has 0 radical (unpaired) electrons. The molecule has 0 spiro atoms. The number of sulfonamides is 1. The number of benzene rings is 3. The van der Waals surface area contributed by atoms with E-state index in [-0.39, 0.29) is 17.6 Å². The number of rotatable bonds is 6. The Morgan fingerprint density at radius 3 is 2.24 bits per heavy atom. The van der Waals surface area contributed by atoms with Gasteiger partial charge in [-0.15, -0.1) is 0 Å². The summed E-state index contributed by atoms with van der Waals surface area (Å²) in [5.41, 5.74) is 5.22. The fraction of sp³-hybridized carbons (Fsp3) is 0.355. The van der Waals surface area contributed by atoms with Gasteiger partial charge in [0.15, 0.2) is 0 Å². The number of aryl methyl sites for hydroxylation is 1. The maximum atomic E-state index is 14.4. The normalized spacial score (nSPS) is 16.3. The van der Waals surface area contributed by atoms with Crippen molar-refractivity contribution in [1.82, 2.24) is 4.90 Å². The first-order valence-electron chi connectivity index (χ1n) is 14.0. The third-order valence-corrected chi connectivity index (χ3v) is 9.22. The minimum atomic E-state index is -4.25. The molecule has 220 valence electrons. The number of nitrogens with zero attached hydrogens (tertiary/aromatic N) is 4. The van der Waals surface area contributed by atoms with E-state index in [4.69, 9.17) is 5.14 Å². The molecule has 2 saturated heterocycles. The molecule has 2 heterocycles. The van der Waals surface area contributed by atoms with Crippen LogP contribution in [0.25, 0.3) is 0 Å². The van der Waals surface area contributed by atoms with Crippen LogP contribution in [0.1, 0.15) is 39.9 Å². The largest absolute Gasteiger partial charge is 0.382 e. The Labute approximate surface area is 246 Å². The Kier molecular flexibility index (Phi) is 8.38. The molecule has 3 N–H and O–H groups in total. The number of para-hydroxylation sites is 1. The molecule has 42 heavy (non-hydrogen) atoms. The Morgan fingerprint density at radius 2 is 1.57 bits per heavy atom. The Morgan fingerprint density at radius 1 is 0.929 bits per heavy atom. The van der Waals surface area contributed by atoms with Gasteiger partial charge < -0.3 is 20.0 Å².